The van der Waals surface area contributed by atoms with E-state index in [4.69, 9.17) is 9.31 Å². The number of benzene rings is 1. The van der Waals surface area contributed by atoms with Crippen molar-refractivity contribution in [2.24, 2.45) is 0 Å². The quantitative estimate of drug-likeness (QED) is 0.778. The van der Waals surface area contributed by atoms with Gasteiger partial charge in [-0.1, -0.05) is 38.1 Å². The fourth-order valence-electron chi connectivity index (χ4n) is 2.57. The third kappa shape index (κ3) is 3.33. The summed E-state index contributed by atoms with van der Waals surface area (Å²) >= 11 is 0. The summed E-state index contributed by atoms with van der Waals surface area (Å²) < 4.78 is 12.4. The number of rotatable bonds is 5. The average Bonchev–Trinajstić information content (AvgIpc) is 2.65. The van der Waals surface area contributed by atoms with Gasteiger partial charge in [0, 0.05) is 6.54 Å². The Balaban J connectivity index is 2.25. The molecular weight excluding hydrogens is 261 g/mol. The van der Waals surface area contributed by atoms with Crippen LogP contribution in [0.15, 0.2) is 24.3 Å². The van der Waals surface area contributed by atoms with Crippen LogP contribution in [0, 0.1) is 0 Å². The molecule has 4 heteroatoms. The van der Waals surface area contributed by atoms with E-state index in [9.17, 15) is 0 Å². The normalized spacial score (nSPS) is 20.2. The van der Waals surface area contributed by atoms with Gasteiger partial charge in [-0.05, 0) is 51.8 Å². The van der Waals surface area contributed by atoms with Crippen molar-refractivity contribution in [3.8, 4) is 0 Å². The lowest BCUT2D eigenvalue weighted by Gasteiger charge is -2.32. The molecule has 0 spiro atoms. The Morgan fingerprint density at radius 1 is 0.952 bits per heavy atom. The van der Waals surface area contributed by atoms with Gasteiger partial charge in [-0.3, -0.25) is 4.90 Å². The first-order valence-electron chi connectivity index (χ1n) is 7.96. The highest BCUT2D eigenvalue weighted by Gasteiger charge is 2.52. The van der Waals surface area contributed by atoms with Crippen LogP contribution >= 0.6 is 0 Å². The van der Waals surface area contributed by atoms with Gasteiger partial charge in [0.1, 0.15) is 0 Å². The van der Waals surface area contributed by atoms with Crippen LogP contribution in [0.25, 0.3) is 0 Å². The monoisotopic (exact) mass is 289 g/mol. The summed E-state index contributed by atoms with van der Waals surface area (Å²) in [5.74, 6) is 0. The van der Waals surface area contributed by atoms with Crippen LogP contribution in [0.3, 0.4) is 0 Å². The standard InChI is InChI=1S/C17H28BNO2/c1-7-19(8-2)13-14-11-9-10-12-15(14)18-20-16(3,4)17(5,6)21-18/h9-12H,7-8,13H2,1-6H3. The van der Waals surface area contributed by atoms with Gasteiger partial charge in [-0.15, -0.1) is 0 Å². The fourth-order valence-corrected chi connectivity index (χ4v) is 2.57. The summed E-state index contributed by atoms with van der Waals surface area (Å²) in [7, 11) is -0.276. The van der Waals surface area contributed by atoms with Crippen LogP contribution in [0.4, 0.5) is 0 Å². The van der Waals surface area contributed by atoms with Crippen LogP contribution in [0.2, 0.25) is 0 Å². The van der Waals surface area contributed by atoms with E-state index in [2.05, 4.69) is 70.7 Å². The predicted molar refractivity (Wildman–Crippen MR) is 88.8 cm³/mol. The Bertz CT molecular complexity index is 467. The van der Waals surface area contributed by atoms with Crippen molar-refractivity contribution in [2.75, 3.05) is 13.1 Å². The van der Waals surface area contributed by atoms with E-state index in [1.807, 2.05) is 0 Å². The molecule has 21 heavy (non-hydrogen) atoms. The molecule has 0 aliphatic carbocycles. The zero-order valence-corrected chi connectivity index (χ0v) is 14.3. The molecule has 0 bridgehead atoms. The van der Waals surface area contributed by atoms with Gasteiger partial charge >= 0.3 is 7.12 Å². The minimum absolute atomic E-state index is 0.276. The summed E-state index contributed by atoms with van der Waals surface area (Å²) in [4.78, 5) is 2.41. The van der Waals surface area contributed by atoms with Gasteiger partial charge in [0.05, 0.1) is 11.2 Å². The molecule has 2 rings (SSSR count). The van der Waals surface area contributed by atoms with Crippen molar-refractivity contribution in [3.63, 3.8) is 0 Å². The van der Waals surface area contributed by atoms with E-state index in [1.165, 1.54) is 5.56 Å². The van der Waals surface area contributed by atoms with Crippen LogP contribution in [-0.4, -0.2) is 36.3 Å². The Hall–Kier alpha value is -0.835. The predicted octanol–water partition coefficient (Wildman–Crippen LogP) is 2.83. The molecule has 1 aromatic carbocycles. The molecule has 1 aliphatic heterocycles. The second-order valence-corrected chi connectivity index (χ2v) is 6.75. The molecule has 0 N–H and O–H groups in total. The molecule has 0 radical (unpaired) electrons. The molecule has 0 aromatic heterocycles. The maximum Gasteiger partial charge on any atom is 0.495 e. The van der Waals surface area contributed by atoms with Crippen molar-refractivity contribution in [3.05, 3.63) is 29.8 Å². The number of hydrogen-bond donors (Lipinski definition) is 0. The lowest BCUT2D eigenvalue weighted by molar-refractivity contribution is 0.00578. The van der Waals surface area contributed by atoms with Gasteiger partial charge in [0.15, 0.2) is 0 Å². The number of hydrogen-bond acceptors (Lipinski definition) is 3. The topological polar surface area (TPSA) is 21.7 Å². The largest absolute Gasteiger partial charge is 0.495 e. The molecule has 0 saturated carbocycles. The molecule has 0 unspecified atom stereocenters. The van der Waals surface area contributed by atoms with Crippen molar-refractivity contribution in [1.82, 2.24) is 4.90 Å². The van der Waals surface area contributed by atoms with Crippen molar-refractivity contribution >= 4 is 12.6 Å². The minimum atomic E-state index is -0.292. The highest BCUT2D eigenvalue weighted by atomic mass is 16.7. The first kappa shape index (κ1) is 16.5. The molecule has 0 atom stereocenters. The molecule has 1 aromatic rings. The van der Waals surface area contributed by atoms with E-state index in [-0.39, 0.29) is 18.3 Å². The summed E-state index contributed by atoms with van der Waals surface area (Å²) in [5, 5.41) is 0. The third-order valence-corrected chi connectivity index (χ3v) is 4.85. The minimum Gasteiger partial charge on any atom is -0.399 e. The second-order valence-electron chi connectivity index (χ2n) is 6.75. The van der Waals surface area contributed by atoms with E-state index in [0.717, 1.165) is 25.1 Å². The first-order valence-corrected chi connectivity index (χ1v) is 7.96. The highest BCUT2D eigenvalue weighted by molar-refractivity contribution is 6.62. The van der Waals surface area contributed by atoms with Crippen molar-refractivity contribution < 1.29 is 9.31 Å². The number of nitrogens with zero attached hydrogens (tertiary/aromatic N) is 1. The zero-order chi connectivity index (χ0) is 15.7. The van der Waals surface area contributed by atoms with Crippen molar-refractivity contribution in [2.45, 2.75) is 59.3 Å². The van der Waals surface area contributed by atoms with Crippen LogP contribution in [0.1, 0.15) is 47.1 Å². The SMILES string of the molecule is CCN(CC)Cc1ccccc1B1OC(C)(C)C(C)(C)O1. The summed E-state index contributed by atoms with van der Waals surface area (Å²) in [5.41, 5.74) is 1.86. The molecular formula is C17H28BNO2. The van der Waals surface area contributed by atoms with Crippen LogP contribution in [0.5, 0.6) is 0 Å². The van der Waals surface area contributed by atoms with E-state index >= 15 is 0 Å². The summed E-state index contributed by atoms with van der Waals surface area (Å²) in [6, 6.07) is 8.46. The lowest BCUT2D eigenvalue weighted by atomic mass is 9.76. The Labute approximate surface area is 129 Å². The lowest BCUT2D eigenvalue weighted by Crippen LogP contribution is -2.41. The Morgan fingerprint density at radius 2 is 1.48 bits per heavy atom. The molecule has 1 fully saturated rings. The fraction of sp³-hybridized carbons (Fsp3) is 0.647. The highest BCUT2D eigenvalue weighted by Crippen LogP contribution is 2.36. The molecule has 3 nitrogen and oxygen atoms in total. The third-order valence-electron chi connectivity index (χ3n) is 4.85. The first-order chi connectivity index (χ1) is 9.80. The van der Waals surface area contributed by atoms with Crippen molar-refractivity contribution in [1.29, 1.82) is 0 Å². The maximum absolute atomic E-state index is 6.20. The molecule has 116 valence electrons. The molecule has 0 amide bonds. The van der Waals surface area contributed by atoms with Crippen LogP contribution in [-0.2, 0) is 15.9 Å². The Kier molecular flexibility index (Phi) is 4.81. The summed E-state index contributed by atoms with van der Waals surface area (Å²) in [6.45, 7) is 15.8. The summed E-state index contributed by atoms with van der Waals surface area (Å²) in [6.07, 6.45) is 0. The van der Waals surface area contributed by atoms with E-state index in [0.29, 0.717) is 0 Å². The zero-order valence-electron chi connectivity index (χ0n) is 14.3. The molecule has 1 heterocycles. The van der Waals surface area contributed by atoms with Gasteiger partial charge in [0.25, 0.3) is 0 Å². The van der Waals surface area contributed by atoms with E-state index < -0.39 is 0 Å². The maximum atomic E-state index is 6.20. The van der Waals surface area contributed by atoms with Gasteiger partial charge in [-0.2, -0.15) is 0 Å². The van der Waals surface area contributed by atoms with Crippen LogP contribution < -0.4 is 5.46 Å². The average molecular weight is 289 g/mol. The second kappa shape index (κ2) is 6.11. The van der Waals surface area contributed by atoms with Gasteiger partial charge < -0.3 is 9.31 Å². The smallest absolute Gasteiger partial charge is 0.399 e. The van der Waals surface area contributed by atoms with Gasteiger partial charge in [-0.25, -0.2) is 0 Å². The molecule has 1 aliphatic rings. The Morgan fingerprint density at radius 3 is 2.00 bits per heavy atom. The van der Waals surface area contributed by atoms with Gasteiger partial charge in [0.2, 0.25) is 0 Å². The van der Waals surface area contributed by atoms with E-state index in [1.54, 1.807) is 0 Å². The molecule has 1 saturated heterocycles.